The van der Waals surface area contributed by atoms with Crippen LogP contribution < -0.4 is 11.0 Å². The Kier molecular flexibility index (Phi) is 3.77. The number of aromatic hydroxyl groups is 1. The second-order valence-corrected chi connectivity index (χ2v) is 3.81. The maximum Gasteiger partial charge on any atom is 0.264 e. The Morgan fingerprint density at radius 1 is 1.37 bits per heavy atom. The van der Waals surface area contributed by atoms with Crippen molar-refractivity contribution < 1.29 is 9.90 Å². The predicted octanol–water partition coefficient (Wildman–Crippen LogP) is 0.101. The second kappa shape index (κ2) is 5.67. The van der Waals surface area contributed by atoms with Gasteiger partial charge in [0.25, 0.3) is 5.56 Å². The number of nitrogens with zero attached hydrogens (tertiary/aromatic N) is 1. The first-order valence-corrected chi connectivity index (χ1v) is 5.51. The molecule has 0 saturated carbocycles. The lowest BCUT2D eigenvalue weighted by molar-refractivity contribution is -0.120. The third kappa shape index (κ3) is 3.56. The Morgan fingerprint density at radius 3 is 2.84 bits per heavy atom. The lowest BCUT2D eigenvalue weighted by Crippen LogP contribution is -2.20. The maximum absolute atomic E-state index is 11.5. The number of hydrogen-bond acceptors (Lipinski definition) is 4. The van der Waals surface area contributed by atoms with Crippen LogP contribution in [0.2, 0.25) is 0 Å². The predicted molar refractivity (Wildman–Crippen MR) is 69.0 cm³/mol. The number of aromatic amines is 2. The van der Waals surface area contributed by atoms with Crippen LogP contribution in [0.1, 0.15) is 11.3 Å². The summed E-state index contributed by atoms with van der Waals surface area (Å²) in [5.41, 5.74) is 2.98. The first kappa shape index (κ1) is 12.6. The van der Waals surface area contributed by atoms with Crippen molar-refractivity contribution in [2.75, 3.05) is 0 Å². The van der Waals surface area contributed by atoms with Crippen LogP contribution in [0.15, 0.2) is 40.2 Å². The molecule has 7 heteroatoms. The zero-order chi connectivity index (χ0) is 13.7. The number of hydrogen-bond donors (Lipinski definition) is 4. The van der Waals surface area contributed by atoms with E-state index in [1.165, 1.54) is 18.3 Å². The van der Waals surface area contributed by atoms with Crippen molar-refractivity contribution in [1.29, 1.82) is 0 Å². The zero-order valence-electron chi connectivity index (χ0n) is 9.88. The molecule has 1 aromatic heterocycles. The Morgan fingerprint density at radius 2 is 2.16 bits per heavy atom. The summed E-state index contributed by atoms with van der Waals surface area (Å²) in [6.07, 6.45) is 1.35. The molecule has 1 heterocycles. The van der Waals surface area contributed by atoms with Crippen LogP contribution in [0, 0.1) is 0 Å². The Balaban J connectivity index is 1.90. The van der Waals surface area contributed by atoms with Gasteiger partial charge in [0.05, 0.1) is 12.6 Å². The number of para-hydroxylation sites is 1. The first-order chi connectivity index (χ1) is 9.15. The largest absolute Gasteiger partial charge is 0.507 e. The van der Waals surface area contributed by atoms with E-state index in [0.717, 1.165) is 0 Å². The summed E-state index contributed by atoms with van der Waals surface area (Å²) >= 11 is 0. The highest BCUT2D eigenvalue weighted by Gasteiger charge is 2.04. The summed E-state index contributed by atoms with van der Waals surface area (Å²) in [6, 6.07) is 7.91. The quantitative estimate of drug-likeness (QED) is 0.462. The molecule has 4 N–H and O–H groups in total. The molecule has 0 aliphatic rings. The summed E-state index contributed by atoms with van der Waals surface area (Å²) in [6.45, 7) is 0. The van der Waals surface area contributed by atoms with E-state index in [1.54, 1.807) is 18.2 Å². The van der Waals surface area contributed by atoms with E-state index < -0.39 is 0 Å². The third-order valence-corrected chi connectivity index (χ3v) is 2.33. The van der Waals surface area contributed by atoms with Gasteiger partial charge in [-0.3, -0.25) is 14.7 Å². The molecule has 1 amide bonds. The molecule has 0 unspecified atom stereocenters. The number of carbonyl (C=O) groups is 1. The van der Waals surface area contributed by atoms with Crippen molar-refractivity contribution in [1.82, 2.24) is 15.6 Å². The summed E-state index contributed by atoms with van der Waals surface area (Å²) in [5.74, 6) is -0.294. The Bertz CT molecular complexity index is 657. The van der Waals surface area contributed by atoms with Crippen LogP contribution in [0.5, 0.6) is 5.75 Å². The number of phenols is 1. The number of aromatic nitrogens is 2. The highest BCUT2D eigenvalue weighted by molar-refractivity contribution is 5.85. The zero-order valence-corrected chi connectivity index (χ0v) is 9.88. The van der Waals surface area contributed by atoms with Crippen LogP contribution in [-0.4, -0.2) is 27.4 Å². The van der Waals surface area contributed by atoms with Crippen LogP contribution in [0.3, 0.4) is 0 Å². The summed E-state index contributed by atoms with van der Waals surface area (Å²) in [5, 5.41) is 18.1. The minimum absolute atomic E-state index is 0.0108. The van der Waals surface area contributed by atoms with Gasteiger partial charge >= 0.3 is 0 Å². The molecule has 19 heavy (non-hydrogen) atoms. The lowest BCUT2D eigenvalue weighted by Gasteiger charge is -1.98. The van der Waals surface area contributed by atoms with E-state index in [9.17, 15) is 14.7 Å². The topological polar surface area (TPSA) is 110 Å². The van der Waals surface area contributed by atoms with Gasteiger partial charge in [0.2, 0.25) is 5.91 Å². The van der Waals surface area contributed by atoms with Crippen LogP contribution in [-0.2, 0) is 11.2 Å². The van der Waals surface area contributed by atoms with Crippen molar-refractivity contribution >= 4 is 12.1 Å². The molecule has 7 nitrogen and oxygen atoms in total. The van der Waals surface area contributed by atoms with Gasteiger partial charge in [-0.1, -0.05) is 12.1 Å². The van der Waals surface area contributed by atoms with E-state index in [-0.39, 0.29) is 23.6 Å². The molecule has 0 spiro atoms. The molecular weight excluding hydrogens is 248 g/mol. The standard InChI is InChI=1S/C12H12N4O3/c17-10-4-2-1-3-8(10)7-13-15-11(18)5-9-6-12(19)16-14-9/h1-4,6-7,17H,5H2,(H,15,18)(H2,14,16,19)/b13-7+. The normalized spacial score (nSPS) is 10.7. The van der Waals surface area contributed by atoms with Crippen LogP contribution in [0.4, 0.5) is 0 Å². The fraction of sp³-hybridized carbons (Fsp3) is 0.0833. The minimum atomic E-state index is -0.373. The average molecular weight is 260 g/mol. The molecule has 0 saturated heterocycles. The molecule has 0 atom stereocenters. The summed E-state index contributed by atoms with van der Waals surface area (Å²) < 4.78 is 0. The van der Waals surface area contributed by atoms with Gasteiger partial charge in [-0.05, 0) is 12.1 Å². The van der Waals surface area contributed by atoms with Crippen molar-refractivity contribution in [3.8, 4) is 5.75 Å². The molecule has 1 aromatic carbocycles. The van der Waals surface area contributed by atoms with Crippen molar-refractivity contribution in [3.05, 3.63) is 51.9 Å². The monoisotopic (exact) mass is 260 g/mol. The number of amides is 1. The third-order valence-electron chi connectivity index (χ3n) is 2.33. The van der Waals surface area contributed by atoms with Gasteiger partial charge in [-0.2, -0.15) is 5.10 Å². The highest BCUT2D eigenvalue weighted by atomic mass is 16.3. The van der Waals surface area contributed by atoms with Crippen molar-refractivity contribution in [2.45, 2.75) is 6.42 Å². The van der Waals surface area contributed by atoms with Gasteiger partial charge in [0.1, 0.15) is 5.75 Å². The number of rotatable bonds is 4. The van der Waals surface area contributed by atoms with Crippen molar-refractivity contribution in [2.24, 2.45) is 5.10 Å². The molecule has 2 aromatic rings. The van der Waals surface area contributed by atoms with Gasteiger partial charge in [-0.15, -0.1) is 0 Å². The minimum Gasteiger partial charge on any atom is -0.507 e. The van der Waals surface area contributed by atoms with Gasteiger partial charge < -0.3 is 10.2 Å². The fourth-order valence-electron chi connectivity index (χ4n) is 1.45. The highest BCUT2D eigenvalue weighted by Crippen LogP contribution is 2.12. The number of nitrogens with one attached hydrogen (secondary N) is 3. The number of benzene rings is 1. The molecule has 0 bridgehead atoms. The van der Waals surface area contributed by atoms with Gasteiger partial charge in [-0.25, -0.2) is 5.43 Å². The van der Waals surface area contributed by atoms with Crippen molar-refractivity contribution in [3.63, 3.8) is 0 Å². The van der Waals surface area contributed by atoms with E-state index >= 15 is 0 Å². The molecule has 0 aliphatic heterocycles. The van der Waals surface area contributed by atoms with Crippen LogP contribution in [0.25, 0.3) is 0 Å². The molecular formula is C12H12N4O3. The number of phenolic OH excluding ortho intramolecular Hbond substituents is 1. The lowest BCUT2D eigenvalue weighted by atomic mass is 10.2. The van der Waals surface area contributed by atoms with Crippen LogP contribution >= 0.6 is 0 Å². The van der Waals surface area contributed by atoms with E-state index in [1.807, 2.05) is 0 Å². The van der Waals surface area contributed by atoms with E-state index in [2.05, 4.69) is 20.7 Å². The Hall–Kier alpha value is -2.83. The summed E-state index contributed by atoms with van der Waals surface area (Å²) in [7, 11) is 0. The number of H-pyrrole nitrogens is 2. The molecule has 2 rings (SSSR count). The second-order valence-electron chi connectivity index (χ2n) is 3.81. The molecule has 0 radical (unpaired) electrons. The Labute approximate surface area is 108 Å². The first-order valence-electron chi connectivity index (χ1n) is 5.51. The van der Waals surface area contributed by atoms with E-state index in [0.29, 0.717) is 11.3 Å². The molecule has 98 valence electrons. The van der Waals surface area contributed by atoms with Gasteiger partial charge in [0, 0.05) is 17.3 Å². The molecule has 0 aliphatic carbocycles. The fourth-order valence-corrected chi connectivity index (χ4v) is 1.45. The van der Waals surface area contributed by atoms with Gasteiger partial charge in [0.15, 0.2) is 0 Å². The maximum atomic E-state index is 11.5. The number of hydrazone groups is 1. The van der Waals surface area contributed by atoms with E-state index in [4.69, 9.17) is 0 Å². The average Bonchev–Trinajstić information content (AvgIpc) is 2.77. The molecule has 0 fully saturated rings. The smallest absolute Gasteiger partial charge is 0.264 e. The number of carbonyl (C=O) groups excluding carboxylic acids is 1. The summed E-state index contributed by atoms with van der Waals surface area (Å²) in [4.78, 5) is 22.3. The SMILES string of the molecule is O=C(Cc1cc(=O)[nH][nH]1)N/N=C/c1ccccc1O.